The lowest BCUT2D eigenvalue weighted by Crippen LogP contribution is -2.49. The molecule has 0 saturated carbocycles. The first-order chi connectivity index (χ1) is 16.5. The molecule has 0 radical (unpaired) electrons. The second-order valence-electron chi connectivity index (χ2n) is 8.47. The van der Waals surface area contributed by atoms with E-state index in [1.807, 2.05) is 49.1 Å². The molecule has 0 N–H and O–H groups in total. The van der Waals surface area contributed by atoms with Crippen molar-refractivity contribution in [1.29, 1.82) is 0 Å². The fraction of sp³-hybridized carbons (Fsp3) is 0.333. The van der Waals surface area contributed by atoms with Crippen LogP contribution < -0.4 is 4.74 Å². The van der Waals surface area contributed by atoms with Gasteiger partial charge >= 0.3 is 0 Å². The number of fused-ring (bicyclic) bond motifs is 1. The number of halogens is 1. The summed E-state index contributed by atoms with van der Waals surface area (Å²) < 4.78 is 6.07. The molecule has 7 heteroatoms. The van der Waals surface area contributed by atoms with E-state index in [1.165, 1.54) is 4.88 Å². The van der Waals surface area contributed by atoms with Crippen LogP contribution in [0.15, 0.2) is 66.0 Å². The number of hydrogen-bond acceptors (Lipinski definition) is 4. The second kappa shape index (κ2) is 11.1. The van der Waals surface area contributed by atoms with Crippen LogP contribution in [0, 0.1) is 0 Å². The third kappa shape index (κ3) is 5.45. The summed E-state index contributed by atoms with van der Waals surface area (Å²) >= 11 is 7.71. The molecule has 3 aromatic rings. The minimum absolute atomic E-state index is 0.0413. The first-order valence-electron chi connectivity index (χ1n) is 11.6. The van der Waals surface area contributed by atoms with Crippen LogP contribution in [0.5, 0.6) is 5.75 Å². The summed E-state index contributed by atoms with van der Waals surface area (Å²) in [5.41, 5.74) is 1.72. The molecule has 178 valence electrons. The lowest BCUT2D eigenvalue weighted by molar-refractivity contribution is -0.136. The number of nitrogens with zero attached hydrogens (tertiary/aromatic N) is 2. The highest BCUT2D eigenvalue weighted by Gasteiger charge is 2.34. The Balaban J connectivity index is 1.54. The molecule has 1 aromatic heterocycles. The van der Waals surface area contributed by atoms with Crippen molar-refractivity contribution in [3.8, 4) is 5.75 Å². The van der Waals surface area contributed by atoms with Gasteiger partial charge in [0.1, 0.15) is 18.9 Å². The normalized spacial score (nSPS) is 16.0. The van der Waals surface area contributed by atoms with Gasteiger partial charge in [0.25, 0.3) is 5.91 Å². The van der Waals surface area contributed by atoms with Gasteiger partial charge in [0.05, 0.1) is 6.04 Å². The van der Waals surface area contributed by atoms with Gasteiger partial charge in [-0.25, -0.2) is 0 Å². The van der Waals surface area contributed by atoms with Crippen molar-refractivity contribution < 1.29 is 14.3 Å². The molecule has 0 spiro atoms. The summed E-state index contributed by atoms with van der Waals surface area (Å²) in [6.07, 6.45) is 1.58. The summed E-state index contributed by atoms with van der Waals surface area (Å²) in [6.45, 7) is 5.01. The molecule has 1 aliphatic rings. The predicted octanol–water partition coefficient (Wildman–Crippen LogP) is 5.85. The summed E-state index contributed by atoms with van der Waals surface area (Å²) in [5.74, 6) is 0.524. The van der Waals surface area contributed by atoms with Crippen molar-refractivity contribution in [2.45, 2.75) is 38.8 Å². The van der Waals surface area contributed by atoms with E-state index in [-0.39, 0.29) is 30.4 Å². The molecule has 0 bridgehead atoms. The summed E-state index contributed by atoms with van der Waals surface area (Å²) in [7, 11) is 0. The Morgan fingerprint density at radius 1 is 1.15 bits per heavy atom. The zero-order valence-electron chi connectivity index (χ0n) is 19.4. The lowest BCUT2D eigenvalue weighted by Gasteiger charge is -2.38. The zero-order valence-corrected chi connectivity index (χ0v) is 21.0. The molecule has 0 unspecified atom stereocenters. The summed E-state index contributed by atoms with van der Waals surface area (Å²) in [5, 5.41) is 2.72. The SMILES string of the molecule is CC[C@H](C)N(CC(=O)N1CCc2sccc2[C@H]1COc1ccc(Cl)cc1)C(=O)c1ccccc1. The molecular formula is C27H29ClN2O3S. The van der Waals surface area contributed by atoms with Gasteiger partial charge in [-0.1, -0.05) is 36.7 Å². The largest absolute Gasteiger partial charge is 0.491 e. The molecule has 0 saturated heterocycles. The van der Waals surface area contributed by atoms with E-state index in [4.69, 9.17) is 16.3 Å². The Bertz CT molecular complexity index is 1120. The Kier molecular flexibility index (Phi) is 7.91. The van der Waals surface area contributed by atoms with Gasteiger partial charge in [-0.05, 0) is 73.2 Å². The molecule has 1 aliphatic heterocycles. The van der Waals surface area contributed by atoms with E-state index < -0.39 is 0 Å². The van der Waals surface area contributed by atoms with Crippen LogP contribution in [0.3, 0.4) is 0 Å². The third-order valence-corrected chi connectivity index (χ3v) is 7.60. The fourth-order valence-corrected chi connectivity index (χ4v) is 5.27. The predicted molar refractivity (Wildman–Crippen MR) is 137 cm³/mol. The molecule has 4 rings (SSSR count). The van der Waals surface area contributed by atoms with E-state index in [0.29, 0.717) is 29.5 Å². The minimum atomic E-state index is -0.205. The lowest BCUT2D eigenvalue weighted by atomic mass is 10.00. The quantitative estimate of drug-likeness (QED) is 0.393. The van der Waals surface area contributed by atoms with E-state index in [1.54, 1.807) is 40.5 Å². The van der Waals surface area contributed by atoms with Gasteiger partial charge < -0.3 is 14.5 Å². The van der Waals surface area contributed by atoms with Crippen LogP contribution in [0.1, 0.15) is 47.1 Å². The maximum absolute atomic E-state index is 13.6. The number of amides is 2. The highest BCUT2D eigenvalue weighted by atomic mass is 35.5. The number of ether oxygens (including phenoxy) is 1. The average Bonchev–Trinajstić information content (AvgIpc) is 3.35. The molecule has 5 nitrogen and oxygen atoms in total. The van der Waals surface area contributed by atoms with E-state index in [9.17, 15) is 9.59 Å². The number of carbonyl (C=O) groups is 2. The van der Waals surface area contributed by atoms with Crippen molar-refractivity contribution in [1.82, 2.24) is 9.80 Å². The van der Waals surface area contributed by atoms with Crippen LogP contribution in [-0.2, 0) is 11.2 Å². The van der Waals surface area contributed by atoms with Gasteiger partial charge in [0, 0.05) is 28.0 Å². The van der Waals surface area contributed by atoms with Crippen molar-refractivity contribution >= 4 is 34.8 Å². The number of carbonyl (C=O) groups excluding carboxylic acids is 2. The van der Waals surface area contributed by atoms with E-state index in [0.717, 1.165) is 18.4 Å². The topological polar surface area (TPSA) is 49.9 Å². The number of hydrogen-bond donors (Lipinski definition) is 0. The highest BCUT2D eigenvalue weighted by molar-refractivity contribution is 7.10. The van der Waals surface area contributed by atoms with Crippen molar-refractivity contribution in [3.05, 3.63) is 87.1 Å². The molecule has 2 atom stereocenters. The molecule has 0 aliphatic carbocycles. The van der Waals surface area contributed by atoms with Gasteiger partial charge in [-0.2, -0.15) is 0 Å². The molecule has 2 aromatic carbocycles. The number of rotatable bonds is 8. The Labute approximate surface area is 209 Å². The molecule has 34 heavy (non-hydrogen) atoms. The van der Waals surface area contributed by atoms with Crippen molar-refractivity contribution in [3.63, 3.8) is 0 Å². The van der Waals surface area contributed by atoms with Gasteiger partial charge in [-0.3, -0.25) is 9.59 Å². The summed E-state index contributed by atoms with van der Waals surface area (Å²) in [6, 6.07) is 18.2. The molecule has 2 heterocycles. The smallest absolute Gasteiger partial charge is 0.254 e. The zero-order chi connectivity index (χ0) is 24.1. The fourth-order valence-electron chi connectivity index (χ4n) is 4.21. The second-order valence-corrected chi connectivity index (χ2v) is 9.91. The molecule has 2 amide bonds. The van der Waals surface area contributed by atoms with Crippen molar-refractivity contribution in [2.75, 3.05) is 19.7 Å². The van der Waals surface area contributed by atoms with Crippen LogP contribution in [-0.4, -0.2) is 47.4 Å². The van der Waals surface area contributed by atoms with Crippen LogP contribution in [0.4, 0.5) is 0 Å². The van der Waals surface area contributed by atoms with Crippen LogP contribution in [0.25, 0.3) is 0 Å². The first kappa shape index (κ1) is 24.3. The monoisotopic (exact) mass is 496 g/mol. The van der Waals surface area contributed by atoms with Gasteiger partial charge in [-0.15, -0.1) is 11.3 Å². The van der Waals surface area contributed by atoms with Gasteiger partial charge in [0.2, 0.25) is 5.91 Å². The van der Waals surface area contributed by atoms with E-state index >= 15 is 0 Å². The van der Waals surface area contributed by atoms with Gasteiger partial charge in [0.15, 0.2) is 0 Å². The Hall–Kier alpha value is -2.83. The first-order valence-corrected chi connectivity index (χ1v) is 12.8. The number of benzene rings is 2. The Morgan fingerprint density at radius 2 is 1.88 bits per heavy atom. The van der Waals surface area contributed by atoms with Crippen molar-refractivity contribution in [2.24, 2.45) is 0 Å². The molecule has 0 fully saturated rings. The van der Waals surface area contributed by atoms with E-state index in [2.05, 4.69) is 11.4 Å². The minimum Gasteiger partial charge on any atom is -0.491 e. The maximum atomic E-state index is 13.6. The standard InChI is InChI=1S/C27H29ClN2O3S/c1-3-19(2)30(27(32)20-7-5-4-6-8-20)17-26(31)29-15-13-25-23(14-16-34-25)24(29)18-33-22-11-9-21(28)10-12-22/h4-12,14,16,19,24H,3,13,15,17-18H2,1-2H3/t19-,24+/m0/s1. The third-order valence-electron chi connectivity index (χ3n) is 6.35. The Morgan fingerprint density at radius 3 is 2.59 bits per heavy atom. The average molecular weight is 497 g/mol. The number of thiophene rings is 1. The van der Waals surface area contributed by atoms with Crippen LogP contribution >= 0.6 is 22.9 Å². The maximum Gasteiger partial charge on any atom is 0.254 e. The highest BCUT2D eigenvalue weighted by Crippen LogP contribution is 2.34. The molecular weight excluding hydrogens is 468 g/mol. The summed E-state index contributed by atoms with van der Waals surface area (Å²) in [4.78, 5) is 31.7. The van der Waals surface area contributed by atoms with Crippen LogP contribution in [0.2, 0.25) is 5.02 Å².